The first-order valence-electron chi connectivity index (χ1n) is 5.83. The number of rotatable bonds is 2. The van der Waals surface area contributed by atoms with Crippen LogP contribution in [0.3, 0.4) is 0 Å². The quantitative estimate of drug-likeness (QED) is 0.761. The van der Waals surface area contributed by atoms with Crippen molar-refractivity contribution in [3.63, 3.8) is 0 Å². The van der Waals surface area contributed by atoms with Gasteiger partial charge in [-0.2, -0.15) is 4.98 Å². The molecule has 19 heavy (non-hydrogen) atoms. The monoisotopic (exact) mass is 256 g/mol. The first kappa shape index (κ1) is 11.5. The SMILES string of the molecule is Cc1ccc(O)c(-c2nc(-c3ccoc3C)no2)c1. The van der Waals surface area contributed by atoms with E-state index in [2.05, 4.69) is 10.1 Å². The van der Waals surface area contributed by atoms with E-state index in [1.54, 1.807) is 24.5 Å². The maximum absolute atomic E-state index is 9.84. The summed E-state index contributed by atoms with van der Waals surface area (Å²) in [4.78, 5) is 4.29. The minimum absolute atomic E-state index is 0.115. The fourth-order valence-corrected chi connectivity index (χ4v) is 1.88. The third kappa shape index (κ3) is 1.99. The van der Waals surface area contributed by atoms with Gasteiger partial charge in [0, 0.05) is 0 Å². The molecular formula is C14H12N2O3. The largest absolute Gasteiger partial charge is 0.507 e. The van der Waals surface area contributed by atoms with Crippen LogP contribution in [0, 0.1) is 13.8 Å². The van der Waals surface area contributed by atoms with Crippen molar-refractivity contribution in [3.8, 4) is 28.6 Å². The number of furan rings is 1. The van der Waals surface area contributed by atoms with E-state index in [0.717, 1.165) is 16.9 Å². The average Bonchev–Trinajstić information content (AvgIpc) is 3.00. The van der Waals surface area contributed by atoms with Crippen LogP contribution in [-0.4, -0.2) is 15.2 Å². The summed E-state index contributed by atoms with van der Waals surface area (Å²) in [5, 5.41) is 13.7. The molecule has 0 aliphatic heterocycles. The van der Waals surface area contributed by atoms with E-state index >= 15 is 0 Å². The molecule has 0 fully saturated rings. The zero-order chi connectivity index (χ0) is 13.4. The van der Waals surface area contributed by atoms with Gasteiger partial charge in [-0.25, -0.2) is 0 Å². The molecule has 0 spiro atoms. The lowest BCUT2D eigenvalue weighted by molar-refractivity contribution is 0.425. The Bertz CT molecular complexity index is 728. The lowest BCUT2D eigenvalue weighted by Gasteiger charge is -1.99. The van der Waals surface area contributed by atoms with Crippen molar-refractivity contribution in [3.05, 3.63) is 41.9 Å². The van der Waals surface area contributed by atoms with Gasteiger partial charge in [-0.15, -0.1) is 0 Å². The number of hydrogen-bond acceptors (Lipinski definition) is 5. The topological polar surface area (TPSA) is 72.3 Å². The number of aryl methyl sites for hydroxylation is 2. The normalized spacial score (nSPS) is 10.8. The molecule has 2 heterocycles. The van der Waals surface area contributed by atoms with Crippen LogP contribution < -0.4 is 0 Å². The molecule has 1 aromatic carbocycles. The second kappa shape index (κ2) is 4.28. The highest BCUT2D eigenvalue weighted by molar-refractivity contribution is 5.66. The lowest BCUT2D eigenvalue weighted by Crippen LogP contribution is -1.83. The van der Waals surface area contributed by atoms with Gasteiger partial charge in [0.15, 0.2) is 0 Å². The van der Waals surface area contributed by atoms with Crippen molar-refractivity contribution in [1.82, 2.24) is 10.1 Å². The Labute approximate surface area is 109 Å². The number of nitrogens with zero attached hydrogens (tertiary/aromatic N) is 2. The lowest BCUT2D eigenvalue weighted by atomic mass is 10.1. The van der Waals surface area contributed by atoms with Gasteiger partial charge < -0.3 is 14.0 Å². The molecule has 5 heteroatoms. The van der Waals surface area contributed by atoms with E-state index in [1.807, 2.05) is 19.9 Å². The van der Waals surface area contributed by atoms with Crippen LogP contribution in [-0.2, 0) is 0 Å². The van der Waals surface area contributed by atoms with E-state index in [1.165, 1.54) is 0 Å². The Morgan fingerprint density at radius 1 is 1.11 bits per heavy atom. The second-order valence-corrected chi connectivity index (χ2v) is 4.33. The minimum atomic E-state index is 0.115. The predicted molar refractivity (Wildman–Crippen MR) is 68.6 cm³/mol. The molecular weight excluding hydrogens is 244 g/mol. The molecule has 2 aromatic heterocycles. The molecule has 96 valence electrons. The van der Waals surface area contributed by atoms with Gasteiger partial charge >= 0.3 is 0 Å². The highest BCUT2D eigenvalue weighted by atomic mass is 16.5. The molecule has 0 amide bonds. The standard InChI is InChI=1S/C14H12N2O3/c1-8-3-4-12(17)11(7-8)14-15-13(16-19-14)10-5-6-18-9(10)2/h3-7,17H,1-2H3. The molecule has 0 bridgehead atoms. The van der Waals surface area contributed by atoms with Gasteiger partial charge in [0.2, 0.25) is 5.82 Å². The van der Waals surface area contributed by atoms with Crippen molar-refractivity contribution in [2.75, 3.05) is 0 Å². The van der Waals surface area contributed by atoms with Gasteiger partial charge in [0.05, 0.1) is 17.4 Å². The van der Waals surface area contributed by atoms with Crippen molar-refractivity contribution < 1.29 is 14.0 Å². The third-order valence-electron chi connectivity index (χ3n) is 2.91. The average molecular weight is 256 g/mol. The summed E-state index contributed by atoms with van der Waals surface area (Å²) in [5.41, 5.74) is 2.31. The van der Waals surface area contributed by atoms with Crippen molar-refractivity contribution in [2.24, 2.45) is 0 Å². The number of phenolic OH excluding ortho intramolecular Hbond substituents is 1. The Kier molecular flexibility index (Phi) is 2.59. The molecule has 5 nitrogen and oxygen atoms in total. The zero-order valence-electron chi connectivity index (χ0n) is 10.5. The van der Waals surface area contributed by atoms with Gasteiger partial charge in [-0.1, -0.05) is 16.8 Å². The molecule has 0 unspecified atom stereocenters. The molecule has 3 aromatic rings. The summed E-state index contributed by atoms with van der Waals surface area (Å²) >= 11 is 0. The number of benzene rings is 1. The van der Waals surface area contributed by atoms with Crippen LogP contribution in [0.2, 0.25) is 0 Å². The van der Waals surface area contributed by atoms with Crippen LogP contribution in [0.1, 0.15) is 11.3 Å². The number of phenols is 1. The van der Waals surface area contributed by atoms with Crippen LogP contribution in [0.15, 0.2) is 39.5 Å². The van der Waals surface area contributed by atoms with E-state index < -0.39 is 0 Å². The third-order valence-corrected chi connectivity index (χ3v) is 2.91. The van der Waals surface area contributed by atoms with E-state index in [4.69, 9.17) is 8.94 Å². The summed E-state index contributed by atoms with van der Waals surface area (Å²) in [6.45, 7) is 3.76. The van der Waals surface area contributed by atoms with Crippen molar-refractivity contribution in [1.29, 1.82) is 0 Å². The molecule has 0 radical (unpaired) electrons. The highest BCUT2D eigenvalue weighted by Crippen LogP contribution is 2.30. The summed E-state index contributed by atoms with van der Waals surface area (Å²) in [6.07, 6.45) is 1.57. The van der Waals surface area contributed by atoms with Gasteiger partial charge in [0.1, 0.15) is 11.5 Å². The summed E-state index contributed by atoms with van der Waals surface area (Å²) in [6, 6.07) is 7.00. The molecule has 0 saturated carbocycles. The van der Waals surface area contributed by atoms with Gasteiger partial charge in [0.25, 0.3) is 5.89 Å². The maximum Gasteiger partial charge on any atom is 0.262 e. The Balaban J connectivity index is 2.06. The maximum atomic E-state index is 9.84. The summed E-state index contributed by atoms with van der Waals surface area (Å²) in [5.74, 6) is 1.57. The molecule has 0 aliphatic carbocycles. The van der Waals surface area contributed by atoms with E-state index in [0.29, 0.717) is 11.4 Å². The minimum Gasteiger partial charge on any atom is -0.507 e. The smallest absolute Gasteiger partial charge is 0.262 e. The molecule has 3 rings (SSSR count). The highest BCUT2D eigenvalue weighted by Gasteiger charge is 2.16. The van der Waals surface area contributed by atoms with E-state index in [9.17, 15) is 5.11 Å². The number of hydrogen-bond donors (Lipinski definition) is 1. The zero-order valence-corrected chi connectivity index (χ0v) is 10.5. The molecule has 0 atom stereocenters. The van der Waals surface area contributed by atoms with Crippen molar-refractivity contribution in [2.45, 2.75) is 13.8 Å². The fourth-order valence-electron chi connectivity index (χ4n) is 1.88. The first-order chi connectivity index (χ1) is 9.15. The predicted octanol–water partition coefficient (Wildman–Crippen LogP) is 3.32. The van der Waals surface area contributed by atoms with Crippen molar-refractivity contribution >= 4 is 0 Å². The van der Waals surface area contributed by atoms with E-state index in [-0.39, 0.29) is 11.6 Å². The second-order valence-electron chi connectivity index (χ2n) is 4.33. The summed E-state index contributed by atoms with van der Waals surface area (Å²) in [7, 11) is 0. The molecule has 1 N–H and O–H groups in total. The van der Waals surface area contributed by atoms with Crippen LogP contribution >= 0.6 is 0 Å². The van der Waals surface area contributed by atoms with Gasteiger partial charge in [-0.3, -0.25) is 0 Å². The molecule has 0 saturated heterocycles. The van der Waals surface area contributed by atoms with Gasteiger partial charge in [-0.05, 0) is 32.0 Å². The fraction of sp³-hybridized carbons (Fsp3) is 0.143. The number of aromatic hydroxyl groups is 1. The van der Waals surface area contributed by atoms with Crippen LogP contribution in [0.5, 0.6) is 5.75 Å². The Morgan fingerprint density at radius 3 is 2.68 bits per heavy atom. The van der Waals surface area contributed by atoms with Crippen LogP contribution in [0.25, 0.3) is 22.8 Å². The summed E-state index contributed by atoms with van der Waals surface area (Å²) < 4.78 is 10.4. The Hall–Kier alpha value is -2.56. The Morgan fingerprint density at radius 2 is 1.95 bits per heavy atom. The first-order valence-corrected chi connectivity index (χ1v) is 5.83. The molecule has 0 aliphatic rings. The van der Waals surface area contributed by atoms with Crippen LogP contribution in [0.4, 0.5) is 0 Å². The number of aromatic nitrogens is 2.